The normalized spacial score (nSPS) is 11.4. The number of rotatable bonds is 5. The monoisotopic (exact) mass is 378 g/mol. The van der Waals surface area contributed by atoms with Crippen molar-refractivity contribution >= 4 is 33.1 Å². The number of anilines is 1. The van der Waals surface area contributed by atoms with Gasteiger partial charge in [0, 0.05) is 12.2 Å². The molecule has 0 spiro atoms. The van der Waals surface area contributed by atoms with Crippen molar-refractivity contribution in [2.45, 2.75) is 33.4 Å². The molecule has 0 unspecified atom stereocenters. The predicted octanol–water partition coefficient (Wildman–Crippen LogP) is 5.09. The first kappa shape index (κ1) is 17.5. The van der Waals surface area contributed by atoms with Gasteiger partial charge < -0.3 is 9.88 Å². The van der Waals surface area contributed by atoms with Crippen LogP contribution >= 0.6 is 11.3 Å². The fourth-order valence-corrected chi connectivity index (χ4v) is 4.19. The van der Waals surface area contributed by atoms with Crippen LogP contribution in [0.5, 0.6) is 0 Å². The number of hydrogen-bond acceptors (Lipinski definition) is 3. The summed E-state index contributed by atoms with van der Waals surface area (Å²) >= 11 is 1.65. The molecule has 1 amide bonds. The molecule has 3 aromatic heterocycles. The van der Waals surface area contributed by atoms with Crippen molar-refractivity contribution in [2.24, 2.45) is 0 Å². The van der Waals surface area contributed by atoms with Gasteiger partial charge in [-0.15, -0.1) is 11.3 Å². The lowest BCUT2D eigenvalue weighted by Crippen LogP contribution is -2.17. The lowest BCUT2D eigenvalue weighted by atomic mass is 10.1. The zero-order valence-corrected chi connectivity index (χ0v) is 16.5. The van der Waals surface area contributed by atoms with Crippen LogP contribution < -0.4 is 5.32 Å². The minimum Gasteiger partial charge on any atom is -0.333 e. The summed E-state index contributed by atoms with van der Waals surface area (Å²) in [6, 6.07) is 12.6. The maximum atomic E-state index is 12.9. The molecule has 3 heterocycles. The van der Waals surface area contributed by atoms with Gasteiger partial charge in [0.15, 0.2) is 0 Å². The Morgan fingerprint density at radius 3 is 2.89 bits per heavy atom. The quantitative estimate of drug-likeness (QED) is 0.526. The highest BCUT2D eigenvalue weighted by Crippen LogP contribution is 2.28. The molecule has 0 aliphatic rings. The molecule has 0 saturated carbocycles. The zero-order chi connectivity index (χ0) is 19.0. The van der Waals surface area contributed by atoms with Crippen molar-refractivity contribution < 1.29 is 4.79 Å². The molecule has 0 bridgehead atoms. The molecule has 6 heteroatoms. The summed E-state index contributed by atoms with van der Waals surface area (Å²) in [5, 5.41) is 9.41. The summed E-state index contributed by atoms with van der Waals surface area (Å²) in [6.07, 6.45) is 3.56. The average molecular weight is 379 g/mol. The second-order valence-electron chi connectivity index (χ2n) is 7.03. The van der Waals surface area contributed by atoms with Crippen LogP contribution in [0.1, 0.15) is 41.5 Å². The van der Waals surface area contributed by atoms with Gasteiger partial charge in [-0.1, -0.05) is 29.8 Å². The Kier molecular flexibility index (Phi) is 4.58. The number of thiophene rings is 1. The Morgan fingerprint density at radius 1 is 1.26 bits per heavy atom. The van der Waals surface area contributed by atoms with E-state index in [4.69, 9.17) is 0 Å². The summed E-state index contributed by atoms with van der Waals surface area (Å²) < 4.78 is 5.05. The molecule has 0 fully saturated rings. The van der Waals surface area contributed by atoms with E-state index in [-0.39, 0.29) is 11.9 Å². The minimum absolute atomic E-state index is 0.109. The minimum atomic E-state index is -0.109. The molecule has 4 rings (SSSR count). The van der Waals surface area contributed by atoms with Crippen LogP contribution in [0.25, 0.3) is 10.2 Å². The summed E-state index contributed by atoms with van der Waals surface area (Å²) in [5.74, 6) is -0.109. The number of benzene rings is 1. The van der Waals surface area contributed by atoms with E-state index in [1.54, 1.807) is 17.5 Å². The third kappa shape index (κ3) is 3.53. The van der Waals surface area contributed by atoms with Gasteiger partial charge in [0.1, 0.15) is 5.69 Å². The SMILES string of the molecule is Cc1cccc(Cn2cc(NC(=O)c3cc4sccc4n3C(C)C)cn2)c1. The smallest absolute Gasteiger partial charge is 0.272 e. The fraction of sp³-hybridized carbons (Fsp3) is 0.238. The Labute approximate surface area is 162 Å². The molecule has 0 aliphatic heterocycles. The first-order chi connectivity index (χ1) is 13.0. The molecule has 0 aliphatic carbocycles. The molecule has 4 aromatic rings. The Morgan fingerprint density at radius 2 is 2.11 bits per heavy atom. The van der Waals surface area contributed by atoms with Crippen LogP contribution in [0.3, 0.4) is 0 Å². The first-order valence-electron chi connectivity index (χ1n) is 8.99. The van der Waals surface area contributed by atoms with Gasteiger partial charge in [-0.05, 0) is 43.8 Å². The van der Waals surface area contributed by atoms with Gasteiger partial charge in [0.25, 0.3) is 5.91 Å². The third-order valence-corrected chi connectivity index (χ3v) is 5.38. The van der Waals surface area contributed by atoms with Crippen molar-refractivity contribution in [3.8, 4) is 0 Å². The second kappa shape index (κ2) is 7.04. The maximum Gasteiger partial charge on any atom is 0.272 e. The highest BCUT2D eigenvalue weighted by atomic mass is 32.1. The van der Waals surface area contributed by atoms with E-state index in [0.29, 0.717) is 17.9 Å². The largest absolute Gasteiger partial charge is 0.333 e. The molecule has 1 N–H and O–H groups in total. The van der Waals surface area contributed by atoms with E-state index in [1.807, 2.05) is 23.0 Å². The lowest BCUT2D eigenvalue weighted by molar-refractivity contribution is 0.101. The van der Waals surface area contributed by atoms with E-state index in [0.717, 1.165) is 10.2 Å². The summed E-state index contributed by atoms with van der Waals surface area (Å²) in [5.41, 5.74) is 4.90. The van der Waals surface area contributed by atoms with Crippen molar-refractivity contribution in [1.82, 2.24) is 14.3 Å². The van der Waals surface area contributed by atoms with E-state index in [1.165, 1.54) is 11.1 Å². The Bertz CT molecular complexity index is 1100. The number of aryl methyl sites for hydroxylation is 1. The number of fused-ring (bicyclic) bond motifs is 1. The van der Waals surface area contributed by atoms with Gasteiger partial charge in [-0.25, -0.2) is 0 Å². The molecule has 138 valence electrons. The average Bonchev–Trinajstić information content (AvgIpc) is 3.30. The molecule has 0 atom stereocenters. The summed E-state index contributed by atoms with van der Waals surface area (Å²) in [7, 11) is 0. The molecule has 27 heavy (non-hydrogen) atoms. The summed E-state index contributed by atoms with van der Waals surface area (Å²) in [4.78, 5) is 12.9. The van der Waals surface area contributed by atoms with Crippen LogP contribution in [0.4, 0.5) is 5.69 Å². The van der Waals surface area contributed by atoms with E-state index in [9.17, 15) is 4.79 Å². The van der Waals surface area contributed by atoms with E-state index >= 15 is 0 Å². The molecule has 1 aromatic carbocycles. The van der Waals surface area contributed by atoms with Gasteiger partial charge >= 0.3 is 0 Å². The Balaban J connectivity index is 1.53. The number of hydrogen-bond donors (Lipinski definition) is 1. The van der Waals surface area contributed by atoms with Crippen LogP contribution in [0, 0.1) is 6.92 Å². The molecule has 0 saturated heterocycles. The van der Waals surface area contributed by atoms with Gasteiger partial charge in [0.05, 0.1) is 28.6 Å². The van der Waals surface area contributed by atoms with Crippen LogP contribution in [-0.4, -0.2) is 20.3 Å². The highest BCUT2D eigenvalue weighted by Gasteiger charge is 2.18. The number of carbonyl (C=O) groups is 1. The van der Waals surface area contributed by atoms with Gasteiger partial charge in [0.2, 0.25) is 0 Å². The van der Waals surface area contributed by atoms with Crippen LogP contribution in [-0.2, 0) is 6.54 Å². The highest BCUT2D eigenvalue weighted by molar-refractivity contribution is 7.17. The van der Waals surface area contributed by atoms with E-state index in [2.05, 4.69) is 65.4 Å². The third-order valence-electron chi connectivity index (χ3n) is 4.53. The fourth-order valence-electron chi connectivity index (χ4n) is 3.38. The standard InChI is InChI=1S/C21H22N4OS/c1-14(2)25-18-7-8-27-20(18)10-19(25)21(26)23-17-11-22-24(13-17)12-16-6-4-5-15(3)9-16/h4-11,13-14H,12H2,1-3H3,(H,23,26). The van der Waals surface area contributed by atoms with Crippen LogP contribution in [0.2, 0.25) is 0 Å². The van der Waals surface area contributed by atoms with E-state index < -0.39 is 0 Å². The van der Waals surface area contributed by atoms with Crippen molar-refractivity contribution in [3.63, 3.8) is 0 Å². The Hall–Kier alpha value is -2.86. The number of nitrogens with zero attached hydrogens (tertiary/aromatic N) is 3. The molecular formula is C21H22N4OS. The van der Waals surface area contributed by atoms with Crippen LogP contribution in [0.15, 0.2) is 54.2 Å². The maximum absolute atomic E-state index is 12.9. The first-order valence-corrected chi connectivity index (χ1v) is 9.87. The molecule has 5 nitrogen and oxygen atoms in total. The number of amides is 1. The molecule has 0 radical (unpaired) electrons. The number of carbonyl (C=O) groups excluding carboxylic acids is 1. The second-order valence-corrected chi connectivity index (χ2v) is 7.98. The van der Waals surface area contributed by atoms with Crippen molar-refractivity contribution in [3.05, 3.63) is 71.0 Å². The van der Waals surface area contributed by atoms with Crippen molar-refractivity contribution in [2.75, 3.05) is 5.32 Å². The van der Waals surface area contributed by atoms with Gasteiger partial charge in [-0.2, -0.15) is 5.10 Å². The summed E-state index contributed by atoms with van der Waals surface area (Å²) in [6.45, 7) is 6.93. The molecular weight excluding hydrogens is 356 g/mol. The van der Waals surface area contributed by atoms with Crippen molar-refractivity contribution in [1.29, 1.82) is 0 Å². The lowest BCUT2D eigenvalue weighted by Gasteiger charge is -2.13. The predicted molar refractivity (Wildman–Crippen MR) is 111 cm³/mol. The number of aromatic nitrogens is 3. The topological polar surface area (TPSA) is 51.9 Å². The number of nitrogens with one attached hydrogen (secondary N) is 1. The van der Waals surface area contributed by atoms with Gasteiger partial charge in [-0.3, -0.25) is 9.48 Å². The zero-order valence-electron chi connectivity index (χ0n) is 15.6.